The first-order valence-electron chi connectivity index (χ1n) is 19.5. The van der Waals surface area contributed by atoms with Gasteiger partial charge >= 0.3 is 0 Å². The lowest BCUT2D eigenvalue weighted by molar-refractivity contribution is 0.721. The monoisotopic (exact) mass is 766 g/mol. The molecule has 0 radical (unpaired) electrons. The Labute approximate surface area is 337 Å². The van der Waals surface area contributed by atoms with E-state index in [4.69, 9.17) is 9.98 Å². The number of thiophene rings is 2. The van der Waals surface area contributed by atoms with E-state index in [9.17, 15) is 0 Å². The Kier molecular flexibility index (Phi) is 7.43. The second-order valence-corrected chi connectivity index (χ2v) is 17.0. The van der Waals surface area contributed by atoms with Crippen LogP contribution >= 0.6 is 22.7 Å². The average Bonchev–Trinajstić information content (AvgIpc) is 3.96. The molecule has 1 N–H and O–H groups in total. The van der Waals surface area contributed by atoms with Crippen molar-refractivity contribution in [1.82, 2.24) is 9.88 Å². The van der Waals surface area contributed by atoms with Gasteiger partial charge in [-0.05, 0) is 72.0 Å². The number of hydrogen-bond donors (Lipinski definition) is 1. The first-order chi connectivity index (χ1) is 28.2. The topological polar surface area (TPSA) is 41.7 Å². The SMILES string of the molecule is C1=CC(C2N=C(c3ccccc3)N=C(c3ccc4c(c3)sc3c(-c5ccc6sc7cccc(-n8c9ccccc9c9ccccc98)c7c6c5)cccc34)N2)=CCC1. The number of hydrogen-bond acceptors (Lipinski definition) is 5. The molecule has 0 bridgehead atoms. The Bertz CT molecular complexity index is 3340. The van der Waals surface area contributed by atoms with Gasteiger partial charge in [-0.15, -0.1) is 22.7 Å². The van der Waals surface area contributed by atoms with Crippen LogP contribution in [0.1, 0.15) is 24.0 Å². The predicted octanol–water partition coefficient (Wildman–Crippen LogP) is 13.6. The van der Waals surface area contributed by atoms with Crippen LogP contribution < -0.4 is 5.32 Å². The molecule has 0 spiro atoms. The lowest BCUT2D eigenvalue weighted by Crippen LogP contribution is -2.40. The zero-order chi connectivity index (χ0) is 37.5. The van der Waals surface area contributed by atoms with Crippen molar-refractivity contribution in [2.75, 3.05) is 0 Å². The molecule has 10 aromatic rings. The summed E-state index contributed by atoms with van der Waals surface area (Å²) in [6.07, 6.45) is 8.65. The molecule has 2 aliphatic rings. The third-order valence-electron chi connectivity index (χ3n) is 11.5. The number of amidine groups is 2. The molecule has 270 valence electrons. The summed E-state index contributed by atoms with van der Waals surface area (Å²) in [5.74, 6) is 1.60. The number of fused-ring (bicyclic) bond motifs is 9. The Hall–Kier alpha value is -6.60. The summed E-state index contributed by atoms with van der Waals surface area (Å²) < 4.78 is 7.60. The molecule has 0 amide bonds. The van der Waals surface area contributed by atoms with Crippen LogP contribution in [0.25, 0.3) is 79.0 Å². The number of nitrogens with one attached hydrogen (secondary N) is 1. The zero-order valence-corrected chi connectivity index (χ0v) is 32.4. The lowest BCUT2D eigenvalue weighted by atomic mass is 10.00. The summed E-state index contributed by atoms with van der Waals surface area (Å²) in [5.41, 5.74) is 9.44. The van der Waals surface area contributed by atoms with Crippen LogP contribution in [0.2, 0.25) is 0 Å². The molecule has 4 heterocycles. The van der Waals surface area contributed by atoms with Crippen LogP contribution in [0.4, 0.5) is 0 Å². The number of aliphatic imine (C=N–C) groups is 2. The van der Waals surface area contributed by atoms with E-state index in [1.807, 2.05) is 40.9 Å². The molecule has 1 aliphatic carbocycles. The summed E-state index contributed by atoms with van der Waals surface area (Å²) in [5, 5.41) is 11.4. The summed E-state index contributed by atoms with van der Waals surface area (Å²) in [6, 6.07) is 55.2. The van der Waals surface area contributed by atoms with Gasteiger partial charge in [0.1, 0.15) is 12.0 Å². The molecule has 0 saturated heterocycles. The Morgan fingerprint density at radius 2 is 1.33 bits per heavy atom. The van der Waals surface area contributed by atoms with Gasteiger partial charge < -0.3 is 9.88 Å². The summed E-state index contributed by atoms with van der Waals surface area (Å²) in [4.78, 5) is 10.2. The maximum absolute atomic E-state index is 5.11. The highest BCUT2D eigenvalue weighted by atomic mass is 32.1. The number of para-hydroxylation sites is 2. The minimum absolute atomic E-state index is 0.187. The summed E-state index contributed by atoms with van der Waals surface area (Å²) in [6.45, 7) is 0. The Morgan fingerprint density at radius 3 is 2.16 bits per heavy atom. The first kappa shape index (κ1) is 32.6. The molecule has 1 atom stereocenters. The van der Waals surface area contributed by atoms with Gasteiger partial charge in [0.2, 0.25) is 0 Å². The van der Waals surface area contributed by atoms with Crippen LogP contribution in [-0.4, -0.2) is 22.4 Å². The van der Waals surface area contributed by atoms with E-state index >= 15 is 0 Å². The molecule has 4 nitrogen and oxygen atoms in total. The van der Waals surface area contributed by atoms with E-state index in [1.165, 1.54) is 84.5 Å². The fraction of sp³-hybridized carbons (Fsp3) is 0.0588. The van der Waals surface area contributed by atoms with Gasteiger partial charge in [0.15, 0.2) is 5.84 Å². The summed E-state index contributed by atoms with van der Waals surface area (Å²) >= 11 is 3.74. The number of rotatable bonds is 5. The largest absolute Gasteiger partial charge is 0.344 e. The molecule has 12 rings (SSSR count). The van der Waals surface area contributed by atoms with Gasteiger partial charge in [0.25, 0.3) is 0 Å². The quantitative estimate of drug-likeness (QED) is 0.186. The smallest absolute Gasteiger partial charge is 0.159 e. The van der Waals surface area contributed by atoms with Crippen LogP contribution in [0.15, 0.2) is 185 Å². The van der Waals surface area contributed by atoms with E-state index in [0.29, 0.717) is 0 Å². The van der Waals surface area contributed by atoms with Crippen LogP contribution in [0.3, 0.4) is 0 Å². The number of nitrogens with zero attached hydrogens (tertiary/aromatic N) is 3. The maximum Gasteiger partial charge on any atom is 0.159 e. The molecule has 7 aromatic carbocycles. The average molecular weight is 767 g/mol. The van der Waals surface area contributed by atoms with E-state index in [-0.39, 0.29) is 6.17 Å². The van der Waals surface area contributed by atoms with Gasteiger partial charge in [-0.1, -0.05) is 127 Å². The summed E-state index contributed by atoms with van der Waals surface area (Å²) in [7, 11) is 0. The van der Waals surface area contributed by atoms with Crippen molar-refractivity contribution < 1.29 is 0 Å². The van der Waals surface area contributed by atoms with Crippen molar-refractivity contribution in [1.29, 1.82) is 0 Å². The van der Waals surface area contributed by atoms with E-state index in [2.05, 4.69) is 162 Å². The first-order valence-corrected chi connectivity index (χ1v) is 21.1. The fourth-order valence-electron chi connectivity index (χ4n) is 8.84. The standard InChI is InChI=1S/C51H34N4S2/c1-3-13-31(14-4-1)49-52-50(32-15-5-2-6-16-32)54-51(53-49)34-25-27-38-39-20-11-19-35(48(39)57-46(38)30-34)33-26-28-44-40(29-33)47-43(23-12-24-45(47)56-44)55-41-21-9-7-17-36(41)37-18-8-10-22-42(37)55/h1,3-5,7-30,50H,2,6H2,(H,52,53,54). The van der Waals surface area contributed by atoms with Crippen molar-refractivity contribution in [3.05, 3.63) is 187 Å². The zero-order valence-electron chi connectivity index (χ0n) is 30.8. The van der Waals surface area contributed by atoms with Crippen molar-refractivity contribution >= 4 is 96.5 Å². The molecule has 0 fully saturated rings. The highest BCUT2D eigenvalue weighted by Crippen LogP contribution is 2.45. The van der Waals surface area contributed by atoms with Crippen LogP contribution in [-0.2, 0) is 0 Å². The Balaban J connectivity index is 0.988. The Morgan fingerprint density at radius 1 is 0.561 bits per heavy atom. The molecule has 6 heteroatoms. The number of aromatic nitrogens is 1. The molecule has 0 saturated carbocycles. The lowest BCUT2D eigenvalue weighted by Gasteiger charge is -2.25. The van der Waals surface area contributed by atoms with Crippen molar-refractivity contribution in [2.45, 2.75) is 19.0 Å². The number of allylic oxidation sites excluding steroid dienone is 2. The maximum atomic E-state index is 5.11. The second-order valence-electron chi connectivity index (χ2n) is 14.8. The van der Waals surface area contributed by atoms with E-state index < -0.39 is 0 Å². The van der Waals surface area contributed by atoms with Gasteiger partial charge in [0.05, 0.1) is 16.7 Å². The van der Waals surface area contributed by atoms with Crippen LogP contribution in [0, 0.1) is 0 Å². The van der Waals surface area contributed by atoms with E-state index in [0.717, 1.165) is 35.6 Å². The highest BCUT2D eigenvalue weighted by molar-refractivity contribution is 7.26. The number of benzene rings is 7. The molecule has 3 aromatic heterocycles. The molecular formula is C51H34N4S2. The molecule has 1 unspecified atom stereocenters. The minimum Gasteiger partial charge on any atom is -0.344 e. The van der Waals surface area contributed by atoms with Crippen LogP contribution in [0.5, 0.6) is 0 Å². The minimum atomic E-state index is -0.187. The highest BCUT2D eigenvalue weighted by Gasteiger charge is 2.23. The third kappa shape index (κ3) is 5.25. The van der Waals surface area contributed by atoms with E-state index in [1.54, 1.807) is 0 Å². The van der Waals surface area contributed by atoms with Gasteiger partial charge in [-0.2, -0.15) is 0 Å². The van der Waals surface area contributed by atoms with Gasteiger partial charge in [-0.25, -0.2) is 9.98 Å². The molecule has 1 aliphatic heterocycles. The van der Waals surface area contributed by atoms with Crippen molar-refractivity contribution in [3.63, 3.8) is 0 Å². The van der Waals surface area contributed by atoms with Gasteiger partial charge in [0, 0.05) is 62.2 Å². The molecule has 57 heavy (non-hydrogen) atoms. The molecular weight excluding hydrogens is 733 g/mol. The fourth-order valence-corrected chi connectivity index (χ4v) is 11.2. The predicted molar refractivity (Wildman–Crippen MR) is 245 cm³/mol. The normalized spacial score (nSPS) is 15.8. The second kappa shape index (κ2) is 13.0. The third-order valence-corrected chi connectivity index (χ3v) is 13.8. The van der Waals surface area contributed by atoms with Crippen molar-refractivity contribution in [3.8, 4) is 16.8 Å². The van der Waals surface area contributed by atoms with Gasteiger partial charge in [-0.3, -0.25) is 0 Å². The van der Waals surface area contributed by atoms with Crippen molar-refractivity contribution in [2.24, 2.45) is 9.98 Å².